The first-order valence-electron chi connectivity index (χ1n) is 9.87. The van der Waals surface area contributed by atoms with Crippen molar-refractivity contribution in [2.24, 2.45) is 5.41 Å². The largest absolute Gasteiger partial charge is 0.512 e. The van der Waals surface area contributed by atoms with Gasteiger partial charge in [-0.15, -0.1) is 0 Å². The van der Waals surface area contributed by atoms with Gasteiger partial charge < -0.3 is 5.11 Å². The monoisotopic (exact) mass is 370 g/mol. The molecule has 0 amide bonds. The predicted octanol–water partition coefficient (Wildman–Crippen LogP) is 7.39. The highest BCUT2D eigenvalue weighted by Gasteiger charge is 2.32. The first-order valence-corrected chi connectivity index (χ1v) is 12.2. The minimum Gasteiger partial charge on any atom is -0.512 e. The molecule has 1 atom stereocenters. The minimum atomic E-state index is -0.0533. The van der Waals surface area contributed by atoms with Crippen molar-refractivity contribution in [3.05, 3.63) is 23.5 Å². The zero-order valence-corrected chi connectivity index (χ0v) is 17.7. The third-order valence-corrected chi connectivity index (χ3v) is 7.28. The Labute approximate surface area is 159 Å². The van der Waals surface area contributed by atoms with Crippen LogP contribution < -0.4 is 0 Å². The Bertz CT molecular complexity index is 389. The molecular formula is C21H38OS2. The maximum absolute atomic E-state index is 10.4. The maximum atomic E-state index is 10.4. The van der Waals surface area contributed by atoms with Crippen LogP contribution in [0.2, 0.25) is 0 Å². The van der Waals surface area contributed by atoms with E-state index >= 15 is 0 Å². The van der Waals surface area contributed by atoms with E-state index in [1.165, 1.54) is 68.4 Å². The van der Waals surface area contributed by atoms with Crippen LogP contribution in [0.5, 0.6) is 0 Å². The third-order valence-electron chi connectivity index (χ3n) is 4.71. The highest BCUT2D eigenvalue weighted by Crippen LogP contribution is 2.40. The molecule has 1 rings (SSSR count). The van der Waals surface area contributed by atoms with E-state index in [1.807, 2.05) is 17.8 Å². The predicted molar refractivity (Wildman–Crippen MR) is 114 cm³/mol. The Morgan fingerprint density at radius 1 is 0.917 bits per heavy atom. The van der Waals surface area contributed by atoms with Gasteiger partial charge in [-0.05, 0) is 36.8 Å². The molecule has 3 heteroatoms. The molecule has 0 bridgehead atoms. The molecule has 0 aliphatic heterocycles. The molecule has 0 spiro atoms. The van der Waals surface area contributed by atoms with Gasteiger partial charge in [-0.25, -0.2) is 0 Å². The van der Waals surface area contributed by atoms with E-state index in [1.54, 1.807) is 0 Å². The topological polar surface area (TPSA) is 20.2 Å². The number of rotatable bonds is 14. The Morgan fingerprint density at radius 3 is 2.17 bits per heavy atom. The summed E-state index contributed by atoms with van der Waals surface area (Å²) in [6.45, 7) is 6.76. The van der Waals surface area contributed by atoms with Crippen LogP contribution in [0.25, 0.3) is 0 Å². The van der Waals surface area contributed by atoms with Crippen LogP contribution in [0.4, 0.5) is 0 Å². The maximum Gasteiger partial charge on any atom is 0.0992 e. The lowest BCUT2D eigenvalue weighted by Crippen LogP contribution is -2.26. The second kappa shape index (κ2) is 13.2. The van der Waals surface area contributed by atoms with Gasteiger partial charge in [0.05, 0.1) is 5.76 Å². The molecule has 24 heavy (non-hydrogen) atoms. The Hall–Kier alpha value is -0.0200. The zero-order valence-electron chi connectivity index (χ0n) is 16.1. The molecule has 0 aromatic heterocycles. The minimum absolute atomic E-state index is 0.0533. The van der Waals surface area contributed by atoms with Crippen molar-refractivity contribution in [3.63, 3.8) is 0 Å². The normalized spacial score (nSPS) is 20.8. The lowest BCUT2D eigenvalue weighted by atomic mass is 9.80. The van der Waals surface area contributed by atoms with Crippen molar-refractivity contribution in [1.29, 1.82) is 0 Å². The van der Waals surface area contributed by atoms with E-state index in [4.69, 9.17) is 0 Å². The quantitative estimate of drug-likeness (QED) is 0.322. The van der Waals surface area contributed by atoms with Crippen LogP contribution in [0, 0.1) is 5.41 Å². The summed E-state index contributed by atoms with van der Waals surface area (Å²) in [5.74, 6) is 5.26. The second-order valence-corrected chi connectivity index (χ2v) is 9.55. The smallest absolute Gasteiger partial charge is 0.0992 e. The van der Waals surface area contributed by atoms with Crippen molar-refractivity contribution in [2.45, 2.75) is 78.6 Å². The molecule has 0 heterocycles. The number of unbranched alkanes of at least 4 members (excludes halogenated alkanes) is 6. The van der Waals surface area contributed by atoms with E-state index in [0.29, 0.717) is 5.76 Å². The van der Waals surface area contributed by atoms with Crippen molar-refractivity contribution in [2.75, 3.05) is 23.0 Å². The van der Waals surface area contributed by atoms with Crippen LogP contribution in [0.3, 0.4) is 0 Å². The van der Waals surface area contributed by atoms with Crippen LogP contribution in [-0.4, -0.2) is 28.1 Å². The van der Waals surface area contributed by atoms with Gasteiger partial charge in [0.15, 0.2) is 0 Å². The summed E-state index contributed by atoms with van der Waals surface area (Å²) >= 11 is 4.08. The van der Waals surface area contributed by atoms with Gasteiger partial charge in [-0.3, -0.25) is 0 Å². The number of aliphatic hydroxyl groups is 1. The van der Waals surface area contributed by atoms with Gasteiger partial charge in [0.1, 0.15) is 0 Å². The average molecular weight is 371 g/mol. The van der Waals surface area contributed by atoms with Crippen molar-refractivity contribution >= 4 is 23.5 Å². The first kappa shape index (κ1) is 22.0. The summed E-state index contributed by atoms with van der Waals surface area (Å²) in [6, 6.07) is 0. The van der Waals surface area contributed by atoms with E-state index in [-0.39, 0.29) is 5.41 Å². The molecule has 140 valence electrons. The van der Waals surface area contributed by atoms with Crippen molar-refractivity contribution in [1.82, 2.24) is 0 Å². The van der Waals surface area contributed by atoms with Crippen molar-refractivity contribution in [3.8, 4) is 0 Å². The summed E-state index contributed by atoms with van der Waals surface area (Å²) in [6.07, 6.45) is 15.9. The van der Waals surface area contributed by atoms with Gasteiger partial charge >= 0.3 is 0 Å². The number of allylic oxidation sites excluding steroid dienone is 3. The molecule has 1 N–H and O–H groups in total. The third kappa shape index (κ3) is 8.89. The van der Waals surface area contributed by atoms with Gasteiger partial charge in [0, 0.05) is 16.9 Å². The molecule has 1 aliphatic carbocycles. The van der Waals surface area contributed by atoms with Gasteiger partial charge in [-0.1, -0.05) is 70.9 Å². The number of hydrogen-bond acceptors (Lipinski definition) is 3. The molecule has 0 radical (unpaired) electrons. The highest BCUT2D eigenvalue weighted by atomic mass is 32.2. The first-order chi connectivity index (χ1) is 11.6. The molecule has 1 aliphatic rings. The average Bonchev–Trinajstić information content (AvgIpc) is 2.57. The van der Waals surface area contributed by atoms with Crippen molar-refractivity contribution < 1.29 is 5.11 Å². The Kier molecular flexibility index (Phi) is 12.1. The summed E-state index contributed by atoms with van der Waals surface area (Å²) < 4.78 is 0. The molecule has 1 unspecified atom stereocenters. The SMILES string of the molecule is CCCCCCSCC1=CC=C(O)C(C)(CSCCCCCC)C1. The Morgan fingerprint density at radius 2 is 1.54 bits per heavy atom. The fourth-order valence-electron chi connectivity index (χ4n) is 3.04. The highest BCUT2D eigenvalue weighted by molar-refractivity contribution is 7.99. The molecule has 0 saturated carbocycles. The summed E-state index contributed by atoms with van der Waals surface area (Å²) in [4.78, 5) is 0. The van der Waals surface area contributed by atoms with Crippen LogP contribution in [0.15, 0.2) is 23.5 Å². The van der Waals surface area contributed by atoms with E-state index < -0.39 is 0 Å². The Balaban J connectivity index is 2.26. The summed E-state index contributed by atoms with van der Waals surface area (Å²) in [5.41, 5.74) is 1.45. The van der Waals surface area contributed by atoms with Gasteiger partial charge in [0.2, 0.25) is 0 Å². The van der Waals surface area contributed by atoms with E-state index in [9.17, 15) is 5.11 Å². The molecule has 0 aromatic carbocycles. The fourth-order valence-corrected chi connectivity index (χ4v) is 5.30. The lowest BCUT2D eigenvalue weighted by molar-refractivity contribution is 0.257. The van der Waals surface area contributed by atoms with Crippen LogP contribution >= 0.6 is 23.5 Å². The van der Waals surface area contributed by atoms with E-state index in [0.717, 1.165) is 17.9 Å². The molecule has 1 nitrogen and oxygen atoms in total. The van der Waals surface area contributed by atoms with Gasteiger partial charge in [0.25, 0.3) is 0 Å². The number of aliphatic hydroxyl groups excluding tert-OH is 1. The van der Waals surface area contributed by atoms with Crippen LogP contribution in [0.1, 0.15) is 78.6 Å². The molecule has 0 aromatic rings. The number of thioether (sulfide) groups is 2. The molecule has 0 saturated heterocycles. The standard InChI is InChI=1S/C21H38OS2/c1-4-6-8-10-14-23-17-19-12-13-20(22)21(3,16-19)18-24-15-11-9-7-5-2/h12-13,22H,4-11,14-18H2,1-3H3. The van der Waals surface area contributed by atoms with E-state index in [2.05, 4.69) is 38.6 Å². The fraction of sp³-hybridized carbons (Fsp3) is 0.810. The second-order valence-electron chi connectivity index (χ2n) is 7.34. The summed E-state index contributed by atoms with van der Waals surface area (Å²) in [7, 11) is 0. The molecular weight excluding hydrogens is 332 g/mol. The summed E-state index contributed by atoms with van der Waals surface area (Å²) in [5, 5.41) is 10.4. The number of hydrogen-bond donors (Lipinski definition) is 1. The lowest BCUT2D eigenvalue weighted by Gasteiger charge is -2.32. The zero-order chi connectivity index (χ0) is 17.7. The van der Waals surface area contributed by atoms with Crippen LogP contribution in [-0.2, 0) is 0 Å². The van der Waals surface area contributed by atoms with Gasteiger partial charge in [-0.2, -0.15) is 23.5 Å². The molecule has 0 fully saturated rings.